The van der Waals surface area contributed by atoms with Crippen LogP contribution in [0.5, 0.6) is 0 Å². The Hall–Kier alpha value is -1.02. The minimum atomic E-state index is 0.343. The number of hydrogen-bond donors (Lipinski definition) is 0. The smallest absolute Gasteiger partial charge is 0.115 e. The molecule has 2 nitrogen and oxygen atoms in total. The summed E-state index contributed by atoms with van der Waals surface area (Å²) in [6.45, 7) is 9.96. The molecule has 1 saturated heterocycles. The molecule has 84 valence electrons. The van der Waals surface area contributed by atoms with Crippen LogP contribution in [-0.2, 0) is 4.74 Å². The van der Waals surface area contributed by atoms with Gasteiger partial charge < -0.3 is 9.64 Å². The van der Waals surface area contributed by atoms with Gasteiger partial charge in [-0.1, -0.05) is 18.2 Å². The zero-order valence-corrected chi connectivity index (χ0v) is 9.99. The van der Waals surface area contributed by atoms with E-state index >= 15 is 0 Å². The molecule has 15 heavy (non-hydrogen) atoms. The summed E-state index contributed by atoms with van der Waals surface area (Å²) in [5.74, 6) is 0.943. The molecule has 0 saturated carbocycles. The lowest BCUT2D eigenvalue weighted by atomic mass is 10.3. The second kappa shape index (κ2) is 5.76. The molecule has 1 aliphatic heterocycles. The number of nitrogens with zero attached hydrogens (tertiary/aromatic N) is 1. The maximum absolute atomic E-state index is 5.87. The van der Waals surface area contributed by atoms with Crippen LogP contribution in [-0.4, -0.2) is 31.1 Å². The highest BCUT2D eigenvalue weighted by Crippen LogP contribution is 2.15. The topological polar surface area (TPSA) is 12.5 Å². The minimum Gasteiger partial charge on any atom is -0.489 e. The summed E-state index contributed by atoms with van der Waals surface area (Å²) in [4.78, 5) is 2.29. The number of likely N-dealkylation sites (tertiary alicyclic amines) is 1. The average Bonchev–Trinajstić information content (AvgIpc) is 2.58. The molecule has 0 amide bonds. The molecule has 0 radical (unpaired) electrons. The Bertz CT molecular complexity index is 278. The third-order valence-electron chi connectivity index (χ3n) is 2.47. The van der Waals surface area contributed by atoms with E-state index in [0.29, 0.717) is 6.10 Å². The van der Waals surface area contributed by atoms with Crippen LogP contribution in [0.1, 0.15) is 20.3 Å². The molecule has 0 aromatic rings. The Morgan fingerprint density at radius 2 is 2.20 bits per heavy atom. The number of likely N-dealkylation sites (N-methyl/N-ethyl adjacent to an activating group) is 1. The standard InChI is InChI=1S/C13H21NO/c1-5-12(7-6-11(2)3)15-13-8-9-14(4)10-13/h5-7,13H,2,8-10H2,1,3-4H3/b7-6-,12-5+/t13-/m1/s1. The molecule has 1 aliphatic rings. The van der Waals surface area contributed by atoms with Gasteiger partial charge in [0, 0.05) is 13.1 Å². The Kier molecular flexibility index (Phi) is 4.63. The molecule has 0 spiro atoms. The molecule has 1 fully saturated rings. The zero-order chi connectivity index (χ0) is 11.3. The van der Waals surface area contributed by atoms with Crippen molar-refractivity contribution < 1.29 is 4.74 Å². The largest absolute Gasteiger partial charge is 0.489 e. The third kappa shape index (κ3) is 4.34. The molecule has 0 bridgehead atoms. The van der Waals surface area contributed by atoms with Crippen LogP contribution >= 0.6 is 0 Å². The number of allylic oxidation sites excluding steroid dienone is 4. The monoisotopic (exact) mass is 207 g/mol. The van der Waals surface area contributed by atoms with Crippen LogP contribution in [0.25, 0.3) is 0 Å². The first kappa shape index (κ1) is 12.1. The fourth-order valence-corrected chi connectivity index (χ4v) is 1.61. The average molecular weight is 207 g/mol. The van der Waals surface area contributed by atoms with Gasteiger partial charge in [-0.15, -0.1) is 0 Å². The minimum absolute atomic E-state index is 0.343. The van der Waals surface area contributed by atoms with E-state index in [-0.39, 0.29) is 0 Å². The highest BCUT2D eigenvalue weighted by molar-refractivity contribution is 5.21. The molecule has 0 aliphatic carbocycles. The van der Waals surface area contributed by atoms with Gasteiger partial charge in [0.2, 0.25) is 0 Å². The van der Waals surface area contributed by atoms with E-state index in [0.717, 1.165) is 30.8 Å². The highest BCUT2D eigenvalue weighted by atomic mass is 16.5. The second-order valence-corrected chi connectivity index (χ2v) is 4.16. The van der Waals surface area contributed by atoms with E-state index in [9.17, 15) is 0 Å². The van der Waals surface area contributed by atoms with Crippen molar-refractivity contribution in [2.75, 3.05) is 20.1 Å². The first-order valence-electron chi connectivity index (χ1n) is 5.47. The van der Waals surface area contributed by atoms with Crippen molar-refractivity contribution in [3.8, 4) is 0 Å². The van der Waals surface area contributed by atoms with Crippen molar-refractivity contribution >= 4 is 0 Å². The Morgan fingerprint density at radius 3 is 2.67 bits per heavy atom. The van der Waals surface area contributed by atoms with Gasteiger partial charge in [-0.2, -0.15) is 0 Å². The van der Waals surface area contributed by atoms with Crippen LogP contribution in [0.3, 0.4) is 0 Å². The van der Waals surface area contributed by atoms with E-state index in [4.69, 9.17) is 4.74 Å². The summed E-state index contributed by atoms with van der Waals surface area (Å²) in [6.07, 6.45) is 7.43. The third-order valence-corrected chi connectivity index (χ3v) is 2.47. The zero-order valence-electron chi connectivity index (χ0n) is 9.99. The van der Waals surface area contributed by atoms with E-state index in [1.165, 1.54) is 0 Å². The molecule has 0 aromatic carbocycles. The van der Waals surface area contributed by atoms with Crippen LogP contribution in [0, 0.1) is 0 Å². The van der Waals surface area contributed by atoms with Gasteiger partial charge in [-0.25, -0.2) is 0 Å². The predicted octanol–water partition coefficient (Wildman–Crippen LogP) is 2.74. The lowest BCUT2D eigenvalue weighted by Crippen LogP contribution is -2.18. The molecular formula is C13H21NO. The van der Waals surface area contributed by atoms with Crippen LogP contribution < -0.4 is 0 Å². The van der Waals surface area contributed by atoms with Gasteiger partial charge in [0.1, 0.15) is 11.9 Å². The maximum Gasteiger partial charge on any atom is 0.115 e. The van der Waals surface area contributed by atoms with Crippen molar-refractivity contribution in [3.05, 3.63) is 36.1 Å². The van der Waals surface area contributed by atoms with Crippen LogP contribution in [0.2, 0.25) is 0 Å². The van der Waals surface area contributed by atoms with Gasteiger partial charge in [0.25, 0.3) is 0 Å². The number of ether oxygens (including phenoxy) is 1. The first-order valence-corrected chi connectivity index (χ1v) is 5.47. The summed E-state index contributed by atoms with van der Waals surface area (Å²) in [7, 11) is 2.13. The summed E-state index contributed by atoms with van der Waals surface area (Å²) < 4.78 is 5.87. The predicted molar refractivity (Wildman–Crippen MR) is 64.7 cm³/mol. The summed E-state index contributed by atoms with van der Waals surface area (Å²) in [5, 5.41) is 0. The Balaban J connectivity index is 2.44. The van der Waals surface area contributed by atoms with Crippen molar-refractivity contribution in [1.82, 2.24) is 4.90 Å². The van der Waals surface area contributed by atoms with Crippen molar-refractivity contribution in [1.29, 1.82) is 0 Å². The van der Waals surface area contributed by atoms with Crippen LogP contribution in [0.4, 0.5) is 0 Å². The summed E-state index contributed by atoms with van der Waals surface area (Å²) in [6, 6.07) is 0. The molecule has 2 heteroatoms. The maximum atomic E-state index is 5.87. The molecule has 0 aromatic heterocycles. The van der Waals surface area contributed by atoms with Crippen molar-refractivity contribution in [3.63, 3.8) is 0 Å². The second-order valence-electron chi connectivity index (χ2n) is 4.16. The fourth-order valence-electron chi connectivity index (χ4n) is 1.61. The van der Waals surface area contributed by atoms with Gasteiger partial charge in [0.05, 0.1) is 0 Å². The van der Waals surface area contributed by atoms with E-state index in [1.807, 2.05) is 32.1 Å². The molecule has 0 N–H and O–H groups in total. The fraction of sp³-hybridized carbons (Fsp3) is 0.538. The lowest BCUT2D eigenvalue weighted by molar-refractivity contribution is 0.132. The molecule has 1 heterocycles. The van der Waals surface area contributed by atoms with E-state index < -0.39 is 0 Å². The highest BCUT2D eigenvalue weighted by Gasteiger charge is 2.20. The summed E-state index contributed by atoms with van der Waals surface area (Å²) >= 11 is 0. The SMILES string of the molecule is C=C(C)/C=C\C(=C/C)O[C@@H]1CCN(C)C1. The molecule has 0 unspecified atom stereocenters. The molecular weight excluding hydrogens is 186 g/mol. The molecule has 1 rings (SSSR count). The summed E-state index contributed by atoms with van der Waals surface area (Å²) in [5.41, 5.74) is 1.04. The lowest BCUT2D eigenvalue weighted by Gasteiger charge is -2.14. The number of hydrogen-bond acceptors (Lipinski definition) is 2. The Morgan fingerprint density at radius 1 is 1.47 bits per heavy atom. The van der Waals surface area contributed by atoms with Gasteiger partial charge in [0.15, 0.2) is 0 Å². The quantitative estimate of drug-likeness (QED) is 0.519. The molecule has 1 atom stereocenters. The Labute approximate surface area is 92.9 Å². The van der Waals surface area contributed by atoms with E-state index in [2.05, 4.69) is 18.5 Å². The van der Waals surface area contributed by atoms with Crippen molar-refractivity contribution in [2.45, 2.75) is 26.4 Å². The van der Waals surface area contributed by atoms with Crippen LogP contribution in [0.15, 0.2) is 36.1 Å². The number of rotatable bonds is 4. The van der Waals surface area contributed by atoms with E-state index in [1.54, 1.807) is 0 Å². The van der Waals surface area contributed by atoms with Gasteiger partial charge >= 0.3 is 0 Å². The normalized spacial score (nSPS) is 23.7. The first-order chi connectivity index (χ1) is 7.11. The van der Waals surface area contributed by atoms with Gasteiger partial charge in [-0.05, 0) is 39.5 Å². The van der Waals surface area contributed by atoms with Gasteiger partial charge in [-0.3, -0.25) is 0 Å². The van der Waals surface area contributed by atoms with Crippen molar-refractivity contribution in [2.24, 2.45) is 0 Å².